The lowest BCUT2D eigenvalue weighted by atomic mass is 10.0. The monoisotopic (exact) mass is 249 g/mol. The zero-order valence-corrected chi connectivity index (χ0v) is 9.76. The van der Waals surface area contributed by atoms with Gasteiger partial charge in [-0.2, -0.15) is 0 Å². The molecule has 0 bridgehead atoms. The van der Waals surface area contributed by atoms with Crippen LogP contribution in [0.1, 0.15) is 11.7 Å². The Morgan fingerprint density at radius 1 is 1.27 bits per heavy atom. The van der Waals surface area contributed by atoms with Crippen LogP contribution in [-0.4, -0.2) is 29.9 Å². The molecule has 2 unspecified atom stereocenters. The molecule has 0 spiro atoms. The van der Waals surface area contributed by atoms with Gasteiger partial charge in [0.25, 0.3) is 0 Å². The van der Waals surface area contributed by atoms with E-state index in [4.69, 9.17) is 23.2 Å². The Kier molecular flexibility index (Phi) is 4.83. The van der Waals surface area contributed by atoms with Crippen LogP contribution in [0.2, 0.25) is 10.0 Å². The number of hydrogen-bond donors (Lipinski definition) is 3. The summed E-state index contributed by atoms with van der Waals surface area (Å²) in [7, 11) is 1.68. The van der Waals surface area contributed by atoms with Crippen LogP contribution in [-0.2, 0) is 0 Å². The van der Waals surface area contributed by atoms with Crippen molar-refractivity contribution in [2.24, 2.45) is 0 Å². The molecule has 1 rings (SSSR count). The van der Waals surface area contributed by atoms with Crippen LogP contribution in [0.4, 0.5) is 0 Å². The minimum Gasteiger partial charge on any atom is -0.389 e. The summed E-state index contributed by atoms with van der Waals surface area (Å²) in [6.07, 6.45) is -2.02. The molecule has 0 amide bonds. The van der Waals surface area contributed by atoms with E-state index in [0.29, 0.717) is 15.6 Å². The summed E-state index contributed by atoms with van der Waals surface area (Å²) in [6, 6.07) is 4.93. The van der Waals surface area contributed by atoms with E-state index in [-0.39, 0.29) is 6.54 Å². The van der Waals surface area contributed by atoms with E-state index < -0.39 is 12.2 Å². The highest BCUT2D eigenvalue weighted by molar-refractivity contribution is 6.36. The standard InChI is InChI=1S/C10H13Cl2NO2/c1-13-5-8(14)10(15)9-6(11)3-2-4-7(9)12/h2-4,8,10,13-15H,5H2,1H3. The Hall–Kier alpha value is -0.320. The number of aliphatic hydroxyl groups excluding tert-OH is 2. The minimum absolute atomic E-state index is 0.267. The number of halogens is 2. The lowest BCUT2D eigenvalue weighted by Crippen LogP contribution is -2.29. The topological polar surface area (TPSA) is 52.5 Å². The van der Waals surface area contributed by atoms with Crippen molar-refractivity contribution in [2.45, 2.75) is 12.2 Å². The first-order valence-electron chi connectivity index (χ1n) is 4.52. The van der Waals surface area contributed by atoms with Crippen molar-refractivity contribution < 1.29 is 10.2 Å². The molecule has 0 saturated carbocycles. The van der Waals surface area contributed by atoms with Gasteiger partial charge in [-0.15, -0.1) is 0 Å². The maximum absolute atomic E-state index is 9.82. The molecule has 84 valence electrons. The van der Waals surface area contributed by atoms with Crippen LogP contribution in [0.3, 0.4) is 0 Å². The maximum Gasteiger partial charge on any atom is 0.109 e. The summed E-state index contributed by atoms with van der Waals surface area (Å²) in [5.74, 6) is 0. The van der Waals surface area contributed by atoms with E-state index in [0.717, 1.165) is 0 Å². The van der Waals surface area contributed by atoms with Crippen LogP contribution in [0.15, 0.2) is 18.2 Å². The second-order valence-corrected chi connectivity index (χ2v) is 4.02. The average Bonchev–Trinajstić information content (AvgIpc) is 2.17. The van der Waals surface area contributed by atoms with Gasteiger partial charge in [0.2, 0.25) is 0 Å². The van der Waals surface area contributed by atoms with Crippen molar-refractivity contribution in [3.63, 3.8) is 0 Å². The second-order valence-electron chi connectivity index (χ2n) is 3.21. The predicted octanol–water partition coefficient (Wildman–Crippen LogP) is 1.61. The highest BCUT2D eigenvalue weighted by Gasteiger charge is 2.22. The van der Waals surface area contributed by atoms with Gasteiger partial charge < -0.3 is 15.5 Å². The van der Waals surface area contributed by atoms with E-state index in [1.54, 1.807) is 25.2 Å². The van der Waals surface area contributed by atoms with Crippen LogP contribution >= 0.6 is 23.2 Å². The van der Waals surface area contributed by atoms with Crippen LogP contribution in [0, 0.1) is 0 Å². The fourth-order valence-corrected chi connectivity index (χ4v) is 1.93. The number of likely N-dealkylation sites (N-methyl/N-ethyl adjacent to an activating group) is 1. The van der Waals surface area contributed by atoms with Crippen molar-refractivity contribution in [1.82, 2.24) is 5.32 Å². The number of hydrogen-bond acceptors (Lipinski definition) is 3. The third kappa shape index (κ3) is 3.06. The molecule has 0 aliphatic rings. The molecule has 0 heterocycles. The highest BCUT2D eigenvalue weighted by Crippen LogP contribution is 2.31. The molecule has 5 heteroatoms. The van der Waals surface area contributed by atoms with Gasteiger partial charge in [0.1, 0.15) is 6.10 Å². The quantitative estimate of drug-likeness (QED) is 0.760. The van der Waals surface area contributed by atoms with Crippen LogP contribution in [0.5, 0.6) is 0 Å². The number of nitrogens with one attached hydrogen (secondary N) is 1. The lowest BCUT2D eigenvalue weighted by Gasteiger charge is -2.19. The molecule has 0 saturated heterocycles. The normalized spacial score (nSPS) is 15.0. The van der Waals surface area contributed by atoms with Gasteiger partial charge >= 0.3 is 0 Å². The summed E-state index contributed by atoms with van der Waals surface area (Å²) < 4.78 is 0. The Morgan fingerprint density at radius 2 is 1.80 bits per heavy atom. The molecule has 15 heavy (non-hydrogen) atoms. The van der Waals surface area contributed by atoms with Crippen molar-refractivity contribution in [2.75, 3.05) is 13.6 Å². The number of benzene rings is 1. The molecular weight excluding hydrogens is 237 g/mol. The van der Waals surface area contributed by atoms with E-state index in [1.165, 1.54) is 0 Å². The average molecular weight is 250 g/mol. The van der Waals surface area contributed by atoms with Gasteiger partial charge in [-0.05, 0) is 19.2 Å². The van der Waals surface area contributed by atoms with Crippen molar-refractivity contribution in [3.05, 3.63) is 33.8 Å². The molecule has 0 aliphatic carbocycles. The zero-order valence-electron chi connectivity index (χ0n) is 8.24. The Labute approximate surface area is 98.6 Å². The van der Waals surface area contributed by atoms with E-state index in [1.807, 2.05) is 0 Å². The fraction of sp³-hybridized carbons (Fsp3) is 0.400. The van der Waals surface area contributed by atoms with Crippen molar-refractivity contribution in [1.29, 1.82) is 0 Å². The van der Waals surface area contributed by atoms with E-state index in [2.05, 4.69) is 5.32 Å². The van der Waals surface area contributed by atoms with Gasteiger partial charge in [-0.3, -0.25) is 0 Å². The maximum atomic E-state index is 9.82. The van der Waals surface area contributed by atoms with Gasteiger partial charge in [0.05, 0.1) is 6.10 Å². The van der Waals surface area contributed by atoms with Crippen LogP contribution in [0.25, 0.3) is 0 Å². The molecule has 0 fully saturated rings. The first-order chi connectivity index (χ1) is 7.07. The summed E-state index contributed by atoms with van der Waals surface area (Å²) in [5, 5.41) is 22.9. The summed E-state index contributed by atoms with van der Waals surface area (Å²) >= 11 is 11.8. The largest absolute Gasteiger partial charge is 0.389 e. The Bertz CT molecular complexity index is 313. The minimum atomic E-state index is -1.08. The first kappa shape index (κ1) is 12.7. The molecule has 0 aliphatic heterocycles. The smallest absolute Gasteiger partial charge is 0.109 e. The zero-order chi connectivity index (χ0) is 11.4. The lowest BCUT2D eigenvalue weighted by molar-refractivity contribution is 0.0203. The van der Waals surface area contributed by atoms with Gasteiger partial charge in [-0.1, -0.05) is 29.3 Å². The summed E-state index contributed by atoms with van der Waals surface area (Å²) in [6.45, 7) is 0.267. The SMILES string of the molecule is CNCC(O)C(O)c1c(Cl)cccc1Cl. The Balaban J connectivity index is 2.94. The molecule has 0 aromatic heterocycles. The number of aliphatic hydroxyl groups is 2. The van der Waals surface area contributed by atoms with Gasteiger partial charge in [0, 0.05) is 22.2 Å². The molecule has 3 N–H and O–H groups in total. The van der Waals surface area contributed by atoms with E-state index in [9.17, 15) is 10.2 Å². The van der Waals surface area contributed by atoms with Crippen molar-refractivity contribution >= 4 is 23.2 Å². The second kappa shape index (κ2) is 5.68. The molecular formula is C10H13Cl2NO2. The summed E-state index contributed by atoms with van der Waals surface area (Å²) in [5.41, 5.74) is 0.364. The number of rotatable bonds is 4. The fourth-order valence-electron chi connectivity index (χ4n) is 1.31. The molecule has 3 nitrogen and oxygen atoms in total. The summed E-state index contributed by atoms with van der Waals surface area (Å²) in [4.78, 5) is 0. The predicted molar refractivity (Wildman–Crippen MR) is 61.4 cm³/mol. The highest BCUT2D eigenvalue weighted by atomic mass is 35.5. The van der Waals surface area contributed by atoms with E-state index >= 15 is 0 Å². The van der Waals surface area contributed by atoms with Crippen LogP contribution < -0.4 is 5.32 Å². The Morgan fingerprint density at radius 3 is 2.27 bits per heavy atom. The molecule has 1 aromatic rings. The third-order valence-corrected chi connectivity index (χ3v) is 2.73. The molecule has 2 atom stereocenters. The third-order valence-electron chi connectivity index (χ3n) is 2.07. The molecule has 0 radical (unpaired) electrons. The molecule has 1 aromatic carbocycles. The van der Waals surface area contributed by atoms with Crippen molar-refractivity contribution in [3.8, 4) is 0 Å². The van der Waals surface area contributed by atoms with Gasteiger partial charge in [0.15, 0.2) is 0 Å². The first-order valence-corrected chi connectivity index (χ1v) is 5.28. The van der Waals surface area contributed by atoms with Gasteiger partial charge in [-0.25, -0.2) is 0 Å².